The van der Waals surface area contributed by atoms with Crippen LogP contribution >= 0.6 is 0 Å². The van der Waals surface area contributed by atoms with Gasteiger partial charge in [-0.3, -0.25) is 0 Å². The highest BCUT2D eigenvalue weighted by Gasteiger charge is 2.23. The quantitative estimate of drug-likeness (QED) is 0.744. The first kappa shape index (κ1) is 14.4. The van der Waals surface area contributed by atoms with E-state index in [4.69, 9.17) is 12.6 Å². The third-order valence-electron chi connectivity index (χ3n) is 2.69. The van der Waals surface area contributed by atoms with Crippen molar-refractivity contribution in [3.63, 3.8) is 0 Å². The largest absolute Gasteiger partial charge is 0.740 e. The van der Waals surface area contributed by atoms with Crippen molar-refractivity contribution in [2.24, 2.45) is 5.41 Å². The van der Waals surface area contributed by atoms with E-state index in [1.165, 1.54) is 4.90 Å². The van der Waals surface area contributed by atoms with E-state index in [-0.39, 0.29) is 5.41 Å². The second kappa shape index (κ2) is 5.78. The first-order valence-electron chi connectivity index (χ1n) is 6.24. The third-order valence-corrected chi connectivity index (χ3v) is 2.99. The monoisotopic (exact) mass is 256 g/mol. The average molecular weight is 256 g/mol. The van der Waals surface area contributed by atoms with Gasteiger partial charge in [-0.15, -0.1) is 5.10 Å². The van der Waals surface area contributed by atoms with E-state index >= 15 is 0 Å². The van der Waals surface area contributed by atoms with E-state index < -0.39 is 0 Å². The van der Waals surface area contributed by atoms with Crippen molar-refractivity contribution in [3.05, 3.63) is 5.82 Å². The fourth-order valence-corrected chi connectivity index (χ4v) is 2.54. The van der Waals surface area contributed by atoms with Gasteiger partial charge in [0.2, 0.25) is 0 Å². The standard InChI is InChI=1S/C12H24N4S/c1-6-7-10-13-14-11(17)16(10)9-12(2,3)8-15(4)5/h6-9H2,1-5H3,(H,14,17). The van der Waals surface area contributed by atoms with Gasteiger partial charge >= 0.3 is 0 Å². The van der Waals surface area contributed by atoms with Crippen LogP contribution in [0, 0.1) is 5.41 Å². The van der Waals surface area contributed by atoms with E-state index in [2.05, 4.69) is 49.6 Å². The Morgan fingerprint density at radius 2 is 1.94 bits per heavy atom. The third kappa shape index (κ3) is 4.24. The molecule has 1 heterocycles. The zero-order valence-corrected chi connectivity index (χ0v) is 12.4. The summed E-state index contributed by atoms with van der Waals surface area (Å²) in [6.07, 6.45) is 2.03. The van der Waals surface area contributed by atoms with Crippen molar-refractivity contribution in [1.29, 1.82) is 0 Å². The van der Waals surface area contributed by atoms with Gasteiger partial charge in [-0.1, -0.05) is 20.8 Å². The summed E-state index contributed by atoms with van der Waals surface area (Å²) >= 11 is 5.25. The summed E-state index contributed by atoms with van der Waals surface area (Å²) < 4.78 is 2.10. The number of nitrogens with one attached hydrogen (secondary N) is 1. The lowest BCUT2D eigenvalue weighted by Gasteiger charge is -2.28. The lowest BCUT2D eigenvalue weighted by molar-refractivity contribution is -0.865. The molecule has 0 saturated carbocycles. The van der Waals surface area contributed by atoms with E-state index in [9.17, 15) is 0 Å². The maximum absolute atomic E-state index is 5.25. The molecule has 98 valence electrons. The molecule has 0 radical (unpaired) electrons. The molecule has 0 unspecified atom stereocenters. The number of quaternary nitrogens is 1. The fourth-order valence-electron chi connectivity index (χ4n) is 2.33. The Morgan fingerprint density at radius 1 is 1.29 bits per heavy atom. The molecule has 1 N–H and O–H groups in total. The van der Waals surface area contributed by atoms with Crippen molar-refractivity contribution in [2.75, 3.05) is 20.6 Å². The predicted molar refractivity (Wildman–Crippen MR) is 71.1 cm³/mol. The Morgan fingerprint density at radius 3 is 2.47 bits per heavy atom. The summed E-state index contributed by atoms with van der Waals surface area (Å²) in [6, 6.07) is 0. The van der Waals surface area contributed by atoms with Crippen molar-refractivity contribution < 1.29 is 4.90 Å². The molecule has 0 spiro atoms. The minimum atomic E-state index is 0.206. The van der Waals surface area contributed by atoms with Crippen LogP contribution in [0.4, 0.5) is 0 Å². The summed E-state index contributed by atoms with van der Waals surface area (Å²) in [4.78, 5) is 1.45. The van der Waals surface area contributed by atoms with E-state index in [0.717, 1.165) is 31.8 Å². The highest BCUT2D eigenvalue weighted by Crippen LogP contribution is 2.18. The van der Waals surface area contributed by atoms with Crippen LogP contribution in [-0.2, 0) is 25.6 Å². The van der Waals surface area contributed by atoms with Crippen molar-refractivity contribution >= 4 is 12.6 Å². The molecule has 0 aromatic carbocycles. The topological polar surface area (TPSA) is 35.1 Å². The molecule has 5 heteroatoms. The molecule has 17 heavy (non-hydrogen) atoms. The zero-order chi connectivity index (χ0) is 13.1. The van der Waals surface area contributed by atoms with E-state index in [0.29, 0.717) is 5.16 Å². The summed E-state index contributed by atoms with van der Waals surface area (Å²) in [6.45, 7) is 8.69. The van der Waals surface area contributed by atoms with Gasteiger partial charge in [0, 0.05) is 23.5 Å². The predicted octanol–water partition coefficient (Wildman–Crippen LogP) is 0.307. The van der Waals surface area contributed by atoms with Gasteiger partial charge in [-0.05, 0) is 6.42 Å². The molecule has 0 fully saturated rings. The Labute approximate surface area is 110 Å². The molecule has 4 nitrogen and oxygen atoms in total. The molecular formula is C12H24N4S. The molecule has 1 aromatic rings. The van der Waals surface area contributed by atoms with Crippen molar-refractivity contribution in [2.45, 2.75) is 45.3 Å². The number of aromatic nitrogens is 3. The number of rotatable bonds is 6. The molecule has 0 aliphatic carbocycles. The van der Waals surface area contributed by atoms with Gasteiger partial charge < -0.3 is 22.1 Å². The Bertz CT molecular complexity index is 357. The normalized spacial score (nSPS) is 12.4. The van der Waals surface area contributed by atoms with Crippen LogP contribution in [0.25, 0.3) is 0 Å². The van der Waals surface area contributed by atoms with Crippen molar-refractivity contribution in [3.8, 4) is 0 Å². The van der Waals surface area contributed by atoms with Crippen LogP contribution in [0.2, 0.25) is 0 Å². The molecule has 1 rings (SSSR count). The second-order valence-electron chi connectivity index (χ2n) is 5.78. The molecule has 0 atom stereocenters. The number of aryl methyl sites for hydroxylation is 1. The Hall–Kier alpha value is -0.680. The SMILES string of the molecule is CCCc1nnc([S-])n1CC(C)(C)C[NH+](C)C. The summed E-state index contributed by atoms with van der Waals surface area (Å²) in [7, 11) is 4.35. The first-order valence-corrected chi connectivity index (χ1v) is 6.64. The molecule has 0 amide bonds. The molecule has 1 aromatic heterocycles. The lowest BCUT2D eigenvalue weighted by Crippen LogP contribution is -3.07. The van der Waals surface area contributed by atoms with Crippen LogP contribution in [0.1, 0.15) is 33.0 Å². The number of hydrogen-bond acceptors (Lipinski definition) is 3. The van der Waals surface area contributed by atoms with Crippen LogP contribution in [0.15, 0.2) is 5.16 Å². The minimum Gasteiger partial charge on any atom is -0.740 e. The molecular weight excluding hydrogens is 232 g/mol. The van der Waals surface area contributed by atoms with Gasteiger partial charge in [0.05, 0.1) is 20.6 Å². The minimum absolute atomic E-state index is 0.206. The van der Waals surface area contributed by atoms with Crippen LogP contribution in [0.3, 0.4) is 0 Å². The van der Waals surface area contributed by atoms with Gasteiger partial charge in [-0.25, -0.2) is 0 Å². The van der Waals surface area contributed by atoms with E-state index in [1.54, 1.807) is 0 Å². The highest BCUT2D eigenvalue weighted by atomic mass is 32.1. The van der Waals surface area contributed by atoms with Crippen molar-refractivity contribution in [1.82, 2.24) is 14.8 Å². The van der Waals surface area contributed by atoms with Gasteiger partial charge in [0.1, 0.15) is 5.82 Å². The smallest absolute Gasteiger partial charge is 0.131 e. The number of nitrogens with zero attached hydrogens (tertiary/aromatic N) is 3. The van der Waals surface area contributed by atoms with Gasteiger partial charge in [-0.2, -0.15) is 5.10 Å². The Balaban J connectivity index is 2.82. The van der Waals surface area contributed by atoms with Crippen LogP contribution in [0.5, 0.6) is 0 Å². The maximum atomic E-state index is 5.25. The van der Waals surface area contributed by atoms with Gasteiger partial charge in [0.15, 0.2) is 0 Å². The second-order valence-corrected chi connectivity index (χ2v) is 6.15. The van der Waals surface area contributed by atoms with Gasteiger partial charge in [0.25, 0.3) is 0 Å². The van der Waals surface area contributed by atoms with Crippen LogP contribution in [-0.4, -0.2) is 35.4 Å². The average Bonchev–Trinajstić information content (AvgIpc) is 2.48. The summed E-state index contributed by atoms with van der Waals surface area (Å²) in [5, 5.41) is 8.81. The fraction of sp³-hybridized carbons (Fsp3) is 0.833. The summed E-state index contributed by atoms with van der Waals surface area (Å²) in [5.41, 5.74) is 0.206. The molecule has 0 aliphatic heterocycles. The zero-order valence-electron chi connectivity index (χ0n) is 11.6. The maximum Gasteiger partial charge on any atom is 0.131 e. The lowest BCUT2D eigenvalue weighted by atomic mass is 9.93. The number of hydrogen-bond donors (Lipinski definition) is 1. The Kier molecular flexibility index (Phi) is 4.89. The van der Waals surface area contributed by atoms with Crippen LogP contribution < -0.4 is 4.90 Å². The molecule has 0 saturated heterocycles. The first-order chi connectivity index (χ1) is 7.85. The highest BCUT2D eigenvalue weighted by molar-refractivity contribution is 7.58. The summed E-state index contributed by atoms with van der Waals surface area (Å²) in [5.74, 6) is 1.03. The van der Waals surface area contributed by atoms with E-state index in [1.807, 2.05) is 0 Å². The molecule has 0 bridgehead atoms. The molecule has 0 aliphatic rings.